The van der Waals surface area contributed by atoms with Crippen molar-refractivity contribution in [2.45, 2.75) is 18.4 Å². The second-order valence-corrected chi connectivity index (χ2v) is 7.40. The number of hydrogen-bond acceptors (Lipinski definition) is 5. The summed E-state index contributed by atoms with van der Waals surface area (Å²) in [5, 5.41) is 0.865. The van der Waals surface area contributed by atoms with Crippen molar-refractivity contribution in [1.29, 1.82) is 0 Å². The first-order valence-corrected chi connectivity index (χ1v) is 9.72. The Morgan fingerprint density at radius 2 is 2.00 bits per heavy atom. The third kappa shape index (κ3) is 3.52. The maximum Gasteiger partial charge on any atom is 0.417 e. The third-order valence-electron chi connectivity index (χ3n) is 5.38. The highest BCUT2D eigenvalue weighted by atomic mass is 19.3. The molecule has 7 nitrogen and oxygen atoms in total. The number of fused-ring (bicyclic) bond motifs is 2. The van der Waals surface area contributed by atoms with Crippen LogP contribution in [0.3, 0.4) is 0 Å². The van der Waals surface area contributed by atoms with E-state index in [0.717, 1.165) is 5.39 Å². The number of piperidine rings is 1. The predicted molar refractivity (Wildman–Crippen MR) is 108 cm³/mol. The van der Waals surface area contributed by atoms with E-state index in [-0.39, 0.29) is 35.6 Å². The van der Waals surface area contributed by atoms with E-state index in [4.69, 9.17) is 9.15 Å². The summed E-state index contributed by atoms with van der Waals surface area (Å²) in [7, 11) is 0. The van der Waals surface area contributed by atoms with Gasteiger partial charge in [0, 0.05) is 24.4 Å². The molecule has 0 spiro atoms. The molecule has 1 N–H and O–H groups in total. The van der Waals surface area contributed by atoms with Crippen LogP contribution >= 0.6 is 0 Å². The molecule has 0 radical (unpaired) electrons. The summed E-state index contributed by atoms with van der Waals surface area (Å²) in [6, 6.07) is 15.2. The number of rotatable bonds is 3. The van der Waals surface area contributed by atoms with Gasteiger partial charge in [-0.3, -0.25) is 9.78 Å². The molecular weight excluding hydrogens is 408 g/mol. The molecule has 1 aliphatic rings. The molecule has 158 valence electrons. The van der Waals surface area contributed by atoms with Crippen LogP contribution in [0.4, 0.5) is 8.78 Å². The number of carbonyl (C=O) groups is 1. The number of para-hydroxylation sites is 2. The number of nitrogens with one attached hydrogen (secondary N) is 1. The Bertz CT molecular complexity index is 1350. The lowest BCUT2D eigenvalue weighted by Crippen LogP contribution is -2.55. The van der Waals surface area contributed by atoms with Gasteiger partial charge in [0.1, 0.15) is 0 Å². The smallest absolute Gasteiger partial charge is 0.417 e. The minimum atomic E-state index is -3.12. The first-order valence-electron chi connectivity index (χ1n) is 9.72. The van der Waals surface area contributed by atoms with E-state index < -0.39 is 30.1 Å². The van der Waals surface area contributed by atoms with Crippen molar-refractivity contribution in [2.24, 2.45) is 0 Å². The molecule has 9 heteroatoms. The molecule has 0 unspecified atom stereocenters. The normalized spacial score (nSPS) is 18.4. The van der Waals surface area contributed by atoms with Gasteiger partial charge in [0.2, 0.25) is 5.88 Å². The summed E-state index contributed by atoms with van der Waals surface area (Å²) < 4.78 is 39.8. The maximum atomic E-state index is 14.6. The molecular formula is C22H17F2N3O4. The van der Waals surface area contributed by atoms with E-state index >= 15 is 0 Å². The molecule has 0 bridgehead atoms. The number of pyridine rings is 1. The fraction of sp³-hybridized carbons (Fsp3) is 0.227. The molecule has 4 aromatic rings. The molecule has 1 atom stereocenters. The standard InChI is InChI=1S/C22H17F2N3O4/c23-22(24)10-11-27(20(28)14-5-3-7-16-19(14)26-21(29)30-16)12-17(22)31-18-9-8-13-4-1-2-6-15(13)25-18/h1-9,17H,10-12H2,(H,26,29)/t17-/m0/s1. The number of hydrogen-bond donors (Lipinski definition) is 1. The van der Waals surface area contributed by atoms with Gasteiger partial charge in [-0.1, -0.05) is 24.3 Å². The lowest BCUT2D eigenvalue weighted by Gasteiger charge is -2.38. The van der Waals surface area contributed by atoms with Crippen molar-refractivity contribution in [2.75, 3.05) is 13.1 Å². The Morgan fingerprint density at radius 3 is 2.87 bits per heavy atom. The van der Waals surface area contributed by atoms with Crippen molar-refractivity contribution >= 4 is 27.9 Å². The van der Waals surface area contributed by atoms with Crippen LogP contribution in [0.2, 0.25) is 0 Å². The van der Waals surface area contributed by atoms with Crippen molar-refractivity contribution in [3.8, 4) is 5.88 Å². The van der Waals surface area contributed by atoms with E-state index in [0.29, 0.717) is 5.52 Å². The van der Waals surface area contributed by atoms with E-state index in [1.54, 1.807) is 30.3 Å². The minimum Gasteiger partial charge on any atom is -0.466 e. The number of ether oxygens (including phenoxy) is 1. The van der Waals surface area contributed by atoms with Crippen LogP contribution in [0.25, 0.3) is 22.0 Å². The van der Waals surface area contributed by atoms with Crippen molar-refractivity contribution in [3.05, 3.63) is 70.7 Å². The summed E-state index contributed by atoms with van der Waals surface area (Å²) in [6.45, 7) is -0.464. The van der Waals surface area contributed by atoms with Crippen LogP contribution in [0.1, 0.15) is 16.8 Å². The summed E-state index contributed by atoms with van der Waals surface area (Å²) in [6.07, 6.45) is -2.10. The van der Waals surface area contributed by atoms with Gasteiger partial charge in [-0.05, 0) is 24.3 Å². The van der Waals surface area contributed by atoms with Crippen molar-refractivity contribution in [1.82, 2.24) is 14.9 Å². The number of nitrogens with zero attached hydrogens (tertiary/aromatic N) is 2. The summed E-state index contributed by atoms with van der Waals surface area (Å²) in [4.78, 5) is 32.6. The molecule has 0 saturated carbocycles. The third-order valence-corrected chi connectivity index (χ3v) is 5.38. The number of halogens is 2. The van der Waals surface area contributed by atoms with Crippen molar-refractivity contribution < 1.29 is 22.7 Å². The number of benzene rings is 2. The van der Waals surface area contributed by atoms with E-state index in [1.165, 1.54) is 17.0 Å². The van der Waals surface area contributed by atoms with Crippen LogP contribution in [0.15, 0.2) is 63.8 Å². The number of aromatic amines is 1. The second-order valence-electron chi connectivity index (χ2n) is 7.40. The average molecular weight is 425 g/mol. The van der Waals surface area contributed by atoms with Gasteiger partial charge in [-0.2, -0.15) is 0 Å². The Labute approximate surface area is 174 Å². The van der Waals surface area contributed by atoms with E-state index in [2.05, 4.69) is 9.97 Å². The topological polar surface area (TPSA) is 88.4 Å². The SMILES string of the molecule is O=C(c1cccc2oc(=O)[nH]c12)N1CCC(F)(F)[C@@H](Oc2ccc3ccccc3n2)C1. The quantitative estimate of drug-likeness (QED) is 0.542. The summed E-state index contributed by atoms with van der Waals surface area (Å²) >= 11 is 0. The lowest BCUT2D eigenvalue weighted by molar-refractivity contribution is -0.131. The molecule has 5 rings (SSSR count). The van der Waals surface area contributed by atoms with Gasteiger partial charge < -0.3 is 14.1 Å². The molecule has 1 fully saturated rings. The molecule has 1 aliphatic heterocycles. The van der Waals surface area contributed by atoms with Gasteiger partial charge in [0.25, 0.3) is 11.8 Å². The monoisotopic (exact) mass is 425 g/mol. The van der Waals surface area contributed by atoms with Crippen LogP contribution in [-0.2, 0) is 0 Å². The first-order chi connectivity index (χ1) is 14.9. The zero-order valence-corrected chi connectivity index (χ0v) is 16.2. The predicted octanol–water partition coefficient (Wildman–Crippen LogP) is 3.60. The van der Waals surface area contributed by atoms with Crippen molar-refractivity contribution in [3.63, 3.8) is 0 Å². The number of carbonyl (C=O) groups excluding carboxylic acids is 1. The summed E-state index contributed by atoms with van der Waals surface area (Å²) in [5.74, 6) is -4.23. The molecule has 1 amide bonds. The first kappa shape index (κ1) is 19.2. The number of amides is 1. The molecule has 0 aliphatic carbocycles. The Balaban J connectivity index is 1.41. The Hall–Kier alpha value is -3.75. The van der Waals surface area contributed by atoms with E-state index in [1.807, 2.05) is 12.1 Å². The van der Waals surface area contributed by atoms with Gasteiger partial charge >= 0.3 is 5.76 Å². The van der Waals surface area contributed by atoms with Gasteiger partial charge in [0.05, 0.1) is 23.1 Å². The summed E-state index contributed by atoms with van der Waals surface area (Å²) in [5.41, 5.74) is 1.27. The highest BCUT2D eigenvalue weighted by Crippen LogP contribution is 2.32. The molecule has 2 aromatic heterocycles. The van der Waals surface area contributed by atoms with Crippen LogP contribution < -0.4 is 10.5 Å². The molecule has 1 saturated heterocycles. The largest absolute Gasteiger partial charge is 0.466 e. The zero-order valence-electron chi connectivity index (χ0n) is 16.2. The fourth-order valence-corrected chi connectivity index (χ4v) is 3.76. The number of H-pyrrole nitrogens is 1. The van der Waals surface area contributed by atoms with Crippen LogP contribution in [-0.4, -0.2) is 45.9 Å². The van der Waals surface area contributed by atoms with Crippen LogP contribution in [0.5, 0.6) is 5.88 Å². The fourth-order valence-electron chi connectivity index (χ4n) is 3.76. The Morgan fingerprint density at radius 1 is 1.16 bits per heavy atom. The maximum absolute atomic E-state index is 14.6. The van der Waals surface area contributed by atoms with Gasteiger partial charge in [0.15, 0.2) is 11.7 Å². The Kier molecular flexibility index (Phi) is 4.46. The minimum absolute atomic E-state index is 0.0685. The average Bonchev–Trinajstić information content (AvgIpc) is 3.15. The highest BCUT2D eigenvalue weighted by Gasteiger charge is 2.47. The molecule has 2 aromatic carbocycles. The molecule has 3 heterocycles. The number of aromatic nitrogens is 2. The van der Waals surface area contributed by atoms with E-state index in [9.17, 15) is 18.4 Å². The lowest BCUT2D eigenvalue weighted by atomic mass is 10.0. The second kappa shape index (κ2) is 7.19. The zero-order chi connectivity index (χ0) is 21.6. The number of oxazole rings is 1. The number of likely N-dealkylation sites (tertiary alicyclic amines) is 1. The van der Waals surface area contributed by atoms with Gasteiger partial charge in [-0.25, -0.2) is 18.6 Å². The van der Waals surface area contributed by atoms with Gasteiger partial charge in [-0.15, -0.1) is 0 Å². The highest BCUT2D eigenvalue weighted by molar-refractivity contribution is 6.04. The number of alkyl halides is 2. The molecule has 31 heavy (non-hydrogen) atoms. The van der Waals surface area contributed by atoms with Crippen LogP contribution in [0, 0.1) is 0 Å².